The molecule has 1 atom stereocenters. The first kappa shape index (κ1) is 16.7. The number of carbonyl (C=O) groups excluding carboxylic acids is 3. The van der Waals surface area contributed by atoms with Crippen molar-refractivity contribution in [3.05, 3.63) is 0 Å². The highest BCUT2D eigenvalue weighted by atomic mass is 16.6. The van der Waals surface area contributed by atoms with Crippen LogP contribution in [0.25, 0.3) is 0 Å². The van der Waals surface area contributed by atoms with E-state index < -0.39 is 17.7 Å². The van der Waals surface area contributed by atoms with E-state index in [1.54, 1.807) is 0 Å². The van der Waals surface area contributed by atoms with Crippen molar-refractivity contribution in [3.8, 4) is 0 Å². The predicted octanol–water partition coefficient (Wildman–Crippen LogP) is 0.781. The van der Waals surface area contributed by atoms with Gasteiger partial charge in [0.25, 0.3) is 0 Å². The molecule has 22 heavy (non-hydrogen) atoms. The molecule has 2 N–H and O–H groups in total. The lowest BCUT2D eigenvalue weighted by molar-refractivity contribution is -0.139. The lowest BCUT2D eigenvalue weighted by Gasteiger charge is -2.19. The number of rotatable bonds is 6. The van der Waals surface area contributed by atoms with E-state index in [9.17, 15) is 14.4 Å². The number of ether oxygens (including phenoxy) is 1. The first-order chi connectivity index (χ1) is 10.3. The van der Waals surface area contributed by atoms with Gasteiger partial charge in [0.1, 0.15) is 5.60 Å². The molecule has 0 aromatic carbocycles. The van der Waals surface area contributed by atoms with Gasteiger partial charge in [-0.2, -0.15) is 0 Å². The van der Waals surface area contributed by atoms with Crippen molar-refractivity contribution in [1.29, 1.82) is 0 Å². The average Bonchev–Trinajstić information content (AvgIpc) is 3.15. The number of amides is 3. The standard InChI is InChI=1S/C15H25N3O4/c1-15(2,3)22-14(21)17-8-4-7-16-11-9-12(19)18(13(11)20)10-5-6-10/h10-11,16H,4-9H2,1-3H3,(H,17,21). The van der Waals surface area contributed by atoms with Crippen LogP contribution in [-0.4, -0.2) is 53.6 Å². The molecule has 1 aliphatic carbocycles. The van der Waals surface area contributed by atoms with Crippen LogP contribution in [0, 0.1) is 0 Å². The minimum absolute atomic E-state index is 0.0723. The molecule has 124 valence electrons. The summed E-state index contributed by atoms with van der Waals surface area (Å²) < 4.78 is 5.12. The van der Waals surface area contributed by atoms with E-state index in [4.69, 9.17) is 4.74 Å². The number of carbonyl (C=O) groups is 3. The normalized spacial score (nSPS) is 22.1. The highest BCUT2D eigenvalue weighted by molar-refractivity contribution is 6.06. The first-order valence-corrected chi connectivity index (χ1v) is 7.84. The minimum atomic E-state index is -0.509. The quantitative estimate of drug-likeness (QED) is 0.559. The Kier molecular flexibility index (Phi) is 5.05. The zero-order chi connectivity index (χ0) is 16.3. The first-order valence-electron chi connectivity index (χ1n) is 7.84. The van der Waals surface area contributed by atoms with Gasteiger partial charge in [-0.1, -0.05) is 0 Å². The summed E-state index contributed by atoms with van der Waals surface area (Å²) >= 11 is 0. The predicted molar refractivity (Wildman–Crippen MR) is 80.1 cm³/mol. The molecule has 1 unspecified atom stereocenters. The van der Waals surface area contributed by atoms with Crippen LogP contribution >= 0.6 is 0 Å². The summed E-state index contributed by atoms with van der Waals surface area (Å²) in [4.78, 5) is 36.7. The second-order valence-electron chi connectivity index (χ2n) is 6.83. The van der Waals surface area contributed by atoms with Gasteiger partial charge in [-0.25, -0.2) is 4.79 Å². The molecule has 7 heteroatoms. The van der Waals surface area contributed by atoms with Gasteiger partial charge in [-0.05, 0) is 46.6 Å². The molecule has 7 nitrogen and oxygen atoms in total. The van der Waals surface area contributed by atoms with Crippen molar-refractivity contribution in [2.75, 3.05) is 13.1 Å². The molecule has 3 amide bonds. The number of likely N-dealkylation sites (tertiary alicyclic amines) is 1. The summed E-state index contributed by atoms with van der Waals surface area (Å²) in [5.41, 5.74) is -0.509. The van der Waals surface area contributed by atoms with Crippen LogP contribution in [0.2, 0.25) is 0 Å². The van der Waals surface area contributed by atoms with E-state index >= 15 is 0 Å². The molecule has 2 fully saturated rings. The fourth-order valence-corrected chi connectivity index (χ4v) is 2.40. The Bertz CT molecular complexity index is 454. The lowest BCUT2D eigenvalue weighted by atomic mass is 10.2. The van der Waals surface area contributed by atoms with E-state index in [1.165, 1.54) is 4.90 Å². The van der Waals surface area contributed by atoms with Crippen molar-refractivity contribution in [2.45, 2.75) is 64.1 Å². The molecule has 0 aromatic heterocycles. The van der Waals surface area contributed by atoms with E-state index in [0.29, 0.717) is 19.5 Å². The SMILES string of the molecule is CC(C)(C)OC(=O)NCCCNC1CC(=O)N(C2CC2)C1=O. The maximum Gasteiger partial charge on any atom is 0.407 e. The van der Waals surface area contributed by atoms with Crippen LogP contribution in [-0.2, 0) is 14.3 Å². The van der Waals surface area contributed by atoms with Gasteiger partial charge in [0.15, 0.2) is 0 Å². The maximum atomic E-state index is 12.1. The monoisotopic (exact) mass is 311 g/mol. The number of hydrogen-bond donors (Lipinski definition) is 2. The van der Waals surface area contributed by atoms with E-state index in [2.05, 4.69) is 10.6 Å². The number of hydrogen-bond acceptors (Lipinski definition) is 5. The number of nitrogens with one attached hydrogen (secondary N) is 2. The highest BCUT2D eigenvalue weighted by Crippen LogP contribution is 2.31. The van der Waals surface area contributed by atoms with Crippen molar-refractivity contribution >= 4 is 17.9 Å². The zero-order valence-corrected chi connectivity index (χ0v) is 13.5. The Labute approximate surface area is 130 Å². The summed E-state index contributed by atoms with van der Waals surface area (Å²) in [6.07, 6.45) is 2.34. The Morgan fingerprint density at radius 2 is 1.95 bits per heavy atom. The van der Waals surface area contributed by atoms with Gasteiger partial charge in [-0.15, -0.1) is 0 Å². The Balaban J connectivity index is 1.60. The van der Waals surface area contributed by atoms with Crippen LogP contribution in [0.1, 0.15) is 46.5 Å². The third kappa shape index (κ3) is 4.69. The second kappa shape index (κ2) is 6.64. The van der Waals surface area contributed by atoms with Crippen LogP contribution in [0.15, 0.2) is 0 Å². The summed E-state index contributed by atoms with van der Waals surface area (Å²) in [5, 5.41) is 5.75. The van der Waals surface area contributed by atoms with Gasteiger partial charge in [0.2, 0.25) is 11.8 Å². The van der Waals surface area contributed by atoms with Gasteiger partial charge in [-0.3, -0.25) is 14.5 Å². The van der Waals surface area contributed by atoms with Crippen molar-refractivity contribution < 1.29 is 19.1 Å². The van der Waals surface area contributed by atoms with Crippen molar-refractivity contribution in [3.63, 3.8) is 0 Å². The molecule has 1 saturated heterocycles. The Hall–Kier alpha value is -1.63. The largest absolute Gasteiger partial charge is 0.444 e. The Morgan fingerprint density at radius 1 is 1.27 bits per heavy atom. The summed E-state index contributed by atoms with van der Waals surface area (Å²) in [5.74, 6) is -0.176. The van der Waals surface area contributed by atoms with Crippen LogP contribution in [0.5, 0.6) is 0 Å². The smallest absolute Gasteiger partial charge is 0.407 e. The molecular weight excluding hydrogens is 286 g/mol. The van der Waals surface area contributed by atoms with Gasteiger partial charge >= 0.3 is 6.09 Å². The summed E-state index contributed by atoms with van der Waals surface area (Å²) in [6.45, 7) is 6.45. The van der Waals surface area contributed by atoms with Gasteiger partial charge in [0, 0.05) is 12.6 Å². The average molecular weight is 311 g/mol. The third-order valence-corrected chi connectivity index (χ3v) is 3.51. The molecule has 1 aliphatic heterocycles. The summed E-state index contributed by atoms with van der Waals surface area (Å²) in [6, 6.07) is -0.268. The molecule has 2 aliphatic rings. The topological polar surface area (TPSA) is 87.7 Å². The van der Waals surface area contributed by atoms with Crippen molar-refractivity contribution in [1.82, 2.24) is 15.5 Å². The minimum Gasteiger partial charge on any atom is -0.444 e. The van der Waals surface area contributed by atoms with Crippen LogP contribution in [0.4, 0.5) is 4.79 Å². The molecule has 0 aromatic rings. The molecular formula is C15H25N3O4. The molecule has 0 bridgehead atoms. The molecule has 0 spiro atoms. The molecule has 0 radical (unpaired) electrons. The maximum absolute atomic E-state index is 12.1. The van der Waals surface area contributed by atoms with Crippen LogP contribution < -0.4 is 10.6 Å². The van der Waals surface area contributed by atoms with E-state index in [0.717, 1.165) is 12.8 Å². The van der Waals surface area contributed by atoms with Crippen molar-refractivity contribution in [2.24, 2.45) is 0 Å². The lowest BCUT2D eigenvalue weighted by Crippen LogP contribution is -2.40. The second-order valence-corrected chi connectivity index (χ2v) is 6.83. The number of imide groups is 1. The molecule has 1 heterocycles. The number of nitrogens with zero attached hydrogens (tertiary/aromatic N) is 1. The fraction of sp³-hybridized carbons (Fsp3) is 0.800. The third-order valence-electron chi connectivity index (χ3n) is 3.51. The summed E-state index contributed by atoms with van der Waals surface area (Å²) in [7, 11) is 0. The van der Waals surface area contributed by atoms with E-state index in [-0.39, 0.29) is 24.3 Å². The molecule has 1 saturated carbocycles. The fourth-order valence-electron chi connectivity index (χ4n) is 2.40. The van der Waals surface area contributed by atoms with Gasteiger partial charge in [0.05, 0.1) is 12.5 Å². The number of alkyl carbamates (subject to hydrolysis) is 1. The van der Waals surface area contributed by atoms with E-state index in [1.807, 2.05) is 20.8 Å². The Morgan fingerprint density at radius 3 is 2.55 bits per heavy atom. The van der Waals surface area contributed by atoms with Gasteiger partial charge < -0.3 is 15.4 Å². The zero-order valence-electron chi connectivity index (χ0n) is 13.5. The molecule has 2 rings (SSSR count). The van der Waals surface area contributed by atoms with Crippen LogP contribution in [0.3, 0.4) is 0 Å². The highest BCUT2D eigenvalue weighted by Gasteiger charge is 2.45.